The number of nitrogens with two attached hydrogens (primary N) is 1. The molecule has 1 spiro atoms. The Kier molecular flexibility index (Phi) is 6.20. The van der Waals surface area contributed by atoms with Gasteiger partial charge in [-0.15, -0.1) is 0 Å². The highest BCUT2D eigenvalue weighted by molar-refractivity contribution is 6.26. The number of hydrogen-bond donors (Lipinski definition) is 2. The van der Waals surface area contributed by atoms with E-state index in [0.717, 1.165) is 11.3 Å². The van der Waals surface area contributed by atoms with Crippen LogP contribution in [0.3, 0.4) is 0 Å². The van der Waals surface area contributed by atoms with Crippen LogP contribution >= 0.6 is 0 Å². The standard InChI is InChI=1S/C50H34N2/c51-49(32-12-2-1-3-13-32)52-34-25-22-31(23-26-34)33-24-27-41-39-18-8-10-20-45(39)50(47(41)28-33)46-21-11-9-19-40(46)44-29-42-37-16-6-4-14-35(37)36-15-5-7-17-38(36)43(42)30-48(44)50/h1-30,49,52H,51H2. The zero-order valence-electron chi connectivity index (χ0n) is 28.5. The van der Waals surface area contributed by atoms with E-state index in [0.29, 0.717) is 0 Å². The van der Waals surface area contributed by atoms with Gasteiger partial charge in [0.15, 0.2) is 0 Å². The van der Waals surface area contributed by atoms with Crippen molar-refractivity contribution in [2.24, 2.45) is 5.73 Å². The van der Waals surface area contributed by atoms with Crippen LogP contribution < -0.4 is 11.1 Å². The van der Waals surface area contributed by atoms with E-state index >= 15 is 0 Å². The molecule has 0 fully saturated rings. The third-order valence-corrected chi connectivity index (χ3v) is 11.7. The van der Waals surface area contributed by atoms with Crippen LogP contribution in [0.2, 0.25) is 0 Å². The van der Waals surface area contributed by atoms with Gasteiger partial charge < -0.3 is 11.1 Å². The topological polar surface area (TPSA) is 38.0 Å². The summed E-state index contributed by atoms with van der Waals surface area (Å²) in [6.45, 7) is 0. The van der Waals surface area contributed by atoms with Gasteiger partial charge in [-0.3, -0.25) is 0 Å². The summed E-state index contributed by atoms with van der Waals surface area (Å²) in [4.78, 5) is 0. The first kappa shape index (κ1) is 29.3. The first-order chi connectivity index (χ1) is 25.7. The molecule has 2 atom stereocenters. The summed E-state index contributed by atoms with van der Waals surface area (Å²) in [6.07, 6.45) is -0.279. The summed E-state index contributed by atoms with van der Waals surface area (Å²) < 4.78 is 0. The minimum Gasteiger partial charge on any atom is -0.366 e. The van der Waals surface area contributed by atoms with Gasteiger partial charge in [-0.2, -0.15) is 0 Å². The van der Waals surface area contributed by atoms with Gasteiger partial charge in [0.2, 0.25) is 0 Å². The predicted octanol–water partition coefficient (Wildman–Crippen LogP) is 12.2. The lowest BCUT2D eigenvalue weighted by Gasteiger charge is -2.31. The van der Waals surface area contributed by atoms with Crippen LogP contribution in [0.25, 0.3) is 65.7 Å². The van der Waals surface area contributed by atoms with Crippen molar-refractivity contribution in [2.75, 3.05) is 5.32 Å². The van der Waals surface area contributed by atoms with E-state index < -0.39 is 5.41 Å². The molecule has 2 nitrogen and oxygen atoms in total. The summed E-state index contributed by atoms with van der Waals surface area (Å²) in [7, 11) is 0. The van der Waals surface area contributed by atoms with Crippen molar-refractivity contribution >= 4 is 38.0 Å². The molecule has 2 unspecified atom stereocenters. The number of nitrogens with one attached hydrogen (secondary N) is 1. The zero-order valence-corrected chi connectivity index (χ0v) is 28.5. The molecule has 2 heteroatoms. The number of rotatable bonds is 4. The average molecular weight is 663 g/mol. The molecular weight excluding hydrogens is 629 g/mol. The molecule has 52 heavy (non-hydrogen) atoms. The Morgan fingerprint density at radius 2 is 0.846 bits per heavy atom. The summed E-state index contributed by atoms with van der Waals surface area (Å²) >= 11 is 0. The van der Waals surface area contributed by atoms with Crippen molar-refractivity contribution in [2.45, 2.75) is 11.6 Å². The lowest BCUT2D eigenvalue weighted by atomic mass is 9.70. The molecule has 0 aromatic heterocycles. The van der Waals surface area contributed by atoms with Crippen molar-refractivity contribution in [1.82, 2.24) is 0 Å². The number of fused-ring (bicyclic) bond motifs is 16. The maximum Gasteiger partial charge on any atom is 0.101 e. The summed E-state index contributed by atoms with van der Waals surface area (Å²) in [6, 6.07) is 66.9. The molecule has 0 radical (unpaired) electrons. The van der Waals surface area contributed by atoms with Gasteiger partial charge in [0.25, 0.3) is 0 Å². The van der Waals surface area contributed by atoms with E-state index in [-0.39, 0.29) is 6.17 Å². The highest BCUT2D eigenvalue weighted by Gasteiger charge is 2.51. The molecule has 0 heterocycles. The molecule has 2 aliphatic carbocycles. The van der Waals surface area contributed by atoms with Crippen molar-refractivity contribution < 1.29 is 0 Å². The number of anilines is 1. The molecule has 9 aromatic rings. The summed E-state index contributed by atoms with van der Waals surface area (Å²) in [5, 5.41) is 11.3. The maximum atomic E-state index is 6.51. The molecule has 0 amide bonds. The van der Waals surface area contributed by atoms with Crippen LogP contribution in [-0.4, -0.2) is 0 Å². The van der Waals surface area contributed by atoms with E-state index in [9.17, 15) is 0 Å². The van der Waals surface area contributed by atoms with Crippen molar-refractivity contribution in [1.29, 1.82) is 0 Å². The Labute approximate surface area is 302 Å². The summed E-state index contributed by atoms with van der Waals surface area (Å²) in [5.74, 6) is 0. The first-order valence-corrected chi connectivity index (χ1v) is 18.1. The van der Waals surface area contributed by atoms with Crippen LogP contribution in [0.5, 0.6) is 0 Å². The Balaban J connectivity index is 1.14. The Hall–Kier alpha value is -6.48. The van der Waals surface area contributed by atoms with E-state index in [4.69, 9.17) is 5.73 Å². The van der Waals surface area contributed by atoms with E-state index in [1.165, 1.54) is 88.0 Å². The molecule has 0 bridgehead atoms. The number of benzene rings is 9. The smallest absolute Gasteiger partial charge is 0.101 e. The Morgan fingerprint density at radius 1 is 0.365 bits per heavy atom. The molecule has 0 aliphatic heterocycles. The van der Waals surface area contributed by atoms with Crippen LogP contribution in [0.4, 0.5) is 5.69 Å². The molecule has 244 valence electrons. The van der Waals surface area contributed by atoms with Gasteiger partial charge in [-0.1, -0.05) is 152 Å². The molecule has 9 aromatic carbocycles. The highest BCUT2D eigenvalue weighted by atomic mass is 15.0. The van der Waals surface area contributed by atoms with Crippen LogP contribution in [0, 0.1) is 0 Å². The van der Waals surface area contributed by atoms with Crippen molar-refractivity contribution in [3.63, 3.8) is 0 Å². The monoisotopic (exact) mass is 662 g/mol. The predicted molar refractivity (Wildman–Crippen MR) is 218 cm³/mol. The largest absolute Gasteiger partial charge is 0.366 e. The second-order valence-electron chi connectivity index (χ2n) is 14.2. The van der Waals surface area contributed by atoms with Gasteiger partial charge >= 0.3 is 0 Å². The third kappa shape index (κ3) is 3.98. The fourth-order valence-corrected chi connectivity index (χ4v) is 9.40. The SMILES string of the molecule is NC(Nc1ccc(-c2ccc3c(c2)C2(c4ccccc4-3)c3ccccc3-c3cc4c5ccccc5c5ccccc5c4cc32)cc1)c1ccccc1. The molecule has 0 saturated carbocycles. The average Bonchev–Trinajstić information content (AvgIpc) is 3.67. The van der Waals surface area contributed by atoms with Crippen molar-refractivity contribution in [3.8, 4) is 33.4 Å². The van der Waals surface area contributed by atoms with Gasteiger partial charge in [-0.25, -0.2) is 0 Å². The number of hydrogen-bond acceptors (Lipinski definition) is 2. The molecule has 0 saturated heterocycles. The van der Waals surface area contributed by atoms with E-state index in [2.05, 4.69) is 169 Å². The van der Waals surface area contributed by atoms with Gasteiger partial charge in [-0.05, 0) is 124 Å². The molecule has 2 aliphatic rings. The molecule has 11 rings (SSSR count). The quantitative estimate of drug-likeness (QED) is 0.145. The molecular formula is C50H34N2. The van der Waals surface area contributed by atoms with Crippen LogP contribution in [-0.2, 0) is 5.41 Å². The summed E-state index contributed by atoms with van der Waals surface area (Å²) in [5.41, 5.74) is 21.1. The lowest BCUT2D eigenvalue weighted by Crippen LogP contribution is -2.25. The van der Waals surface area contributed by atoms with E-state index in [1.54, 1.807) is 0 Å². The highest BCUT2D eigenvalue weighted by Crippen LogP contribution is 2.64. The second-order valence-corrected chi connectivity index (χ2v) is 14.2. The Morgan fingerprint density at radius 3 is 1.50 bits per heavy atom. The van der Waals surface area contributed by atoms with Crippen LogP contribution in [0.15, 0.2) is 182 Å². The fraction of sp³-hybridized carbons (Fsp3) is 0.0400. The minimum atomic E-state index is -0.446. The van der Waals surface area contributed by atoms with Gasteiger partial charge in [0.05, 0.1) is 5.41 Å². The second kappa shape index (κ2) is 11.0. The van der Waals surface area contributed by atoms with Gasteiger partial charge in [0, 0.05) is 5.69 Å². The van der Waals surface area contributed by atoms with Crippen LogP contribution in [0.1, 0.15) is 34.0 Å². The third-order valence-electron chi connectivity index (χ3n) is 11.7. The Bertz CT molecular complexity index is 2890. The lowest BCUT2D eigenvalue weighted by molar-refractivity contribution is 0.795. The van der Waals surface area contributed by atoms with E-state index in [1.807, 2.05) is 18.2 Å². The zero-order chi connectivity index (χ0) is 34.4. The maximum absolute atomic E-state index is 6.51. The van der Waals surface area contributed by atoms with Crippen molar-refractivity contribution in [3.05, 3.63) is 210 Å². The molecule has 3 N–H and O–H groups in total. The van der Waals surface area contributed by atoms with Gasteiger partial charge in [0.1, 0.15) is 6.17 Å². The minimum absolute atomic E-state index is 0.279. The normalized spacial score (nSPS) is 15.8. The first-order valence-electron chi connectivity index (χ1n) is 18.1. The fourth-order valence-electron chi connectivity index (χ4n) is 9.40.